The van der Waals surface area contributed by atoms with Gasteiger partial charge >= 0.3 is 0 Å². The van der Waals surface area contributed by atoms with Crippen LogP contribution in [0.15, 0.2) is 89.5 Å². The smallest absolute Gasteiger partial charge is 0.252 e. The first-order valence-electron chi connectivity index (χ1n) is 10.7. The lowest BCUT2D eigenvalue weighted by molar-refractivity contribution is 0.0898. The number of rotatable bonds is 7. The zero-order valence-electron chi connectivity index (χ0n) is 18.2. The fourth-order valence-electron chi connectivity index (χ4n) is 3.74. The van der Waals surface area contributed by atoms with Gasteiger partial charge in [-0.1, -0.05) is 68.4 Å². The first-order valence-corrected chi connectivity index (χ1v) is 10.7. The van der Waals surface area contributed by atoms with Crippen molar-refractivity contribution in [2.75, 3.05) is 6.54 Å². The SMILES string of the molecule is CC(C)C(CNC(=O)c1cccc2occc12)NC(=O)c1ccccc1-c1ccccc1. The molecular weight excluding hydrogens is 400 g/mol. The third-order valence-electron chi connectivity index (χ3n) is 5.60. The van der Waals surface area contributed by atoms with Crippen LogP contribution >= 0.6 is 0 Å². The first kappa shape index (κ1) is 21.4. The molecule has 4 rings (SSSR count). The van der Waals surface area contributed by atoms with Gasteiger partial charge in [-0.05, 0) is 41.3 Å². The number of carbonyl (C=O) groups is 2. The second-order valence-corrected chi connectivity index (χ2v) is 8.08. The molecule has 1 unspecified atom stereocenters. The van der Waals surface area contributed by atoms with Crippen LogP contribution in [0.2, 0.25) is 0 Å². The van der Waals surface area contributed by atoms with Crippen LogP contribution in [0.5, 0.6) is 0 Å². The molecule has 0 fully saturated rings. The van der Waals surface area contributed by atoms with Gasteiger partial charge in [0.1, 0.15) is 5.58 Å². The van der Waals surface area contributed by atoms with E-state index in [0.717, 1.165) is 16.5 Å². The Balaban J connectivity index is 1.48. The Morgan fingerprint density at radius 1 is 0.812 bits per heavy atom. The molecule has 0 spiro atoms. The van der Waals surface area contributed by atoms with Crippen molar-refractivity contribution in [1.82, 2.24) is 10.6 Å². The van der Waals surface area contributed by atoms with Crippen LogP contribution in [0.4, 0.5) is 0 Å². The standard InChI is InChI=1S/C27H26N2O3/c1-18(2)24(17-28-26(30)23-13-8-14-25-21(23)15-16-32-25)29-27(31)22-12-7-6-11-20(22)19-9-4-3-5-10-19/h3-16,18,24H,17H2,1-2H3,(H,28,30)(H,29,31). The highest BCUT2D eigenvalue weighted by atomic mass is 16.3. The summed E-state index contributed by atoms with van der Waals surface area (Å²) in [7, 11) is 0. The molecule has 0 aliphatic rings. The summed E-state index contributed by atoms with van der Waals surface area (Å²) >= 11 is 0. The summed E-state index contributed by atoms with van der Waals surface area (Å²) in [4.78, 5) is 26.0. The molecule has 1 aromatic heterocycles. The van der Waals surface area contributed by atoms with E-state index < -0.39 is 0 Å². The van der Waals surface area contributed by atoms with E-state index in [-0.39, 0.29) is 23.8 Å². The van der Waals surface area contributed by atoms with Crippen molar-refractivity contribution in [2.24, 2.45) is 5.92 Å². The van der Waals surface area contributed by atoms with Gasteiger partial charge in [0, 0.05) is 23.5 Å². The van der Waals surface area contributed by atoms with Crippen LogP contribution < -0.4 is 10.6 Å². The number of hydrogen-bond acceptors (Lipinski definition) is 3. The Bertz CT molecular complexity index is 1230. The normalized spacial score (nSPS) is 12.0. The summed E-state index contributed by atoms with van der Waals surface area (Å²) in [5.74, 6) is -0.219. The van der Waals surface area contributed by atoms with E-state index in [0.29, 0.717) is 23.3 Å². The van der Waals surface area contributed by atoms with Gasteiger partial charge in [-0.3, -0.25) is 9.59 Å². The van der Waals surface area contributed by atoms with Gasteiger partial charge in [0.2, 0.25) is 0 Å². The van der Waals surface area contributed by atoms with Crippen molar-refractivity contribution in [2.45, 2.75) is 19.9 Å². The van der Waals surface area contributed by atoms with Crippen LogP contribution in [0.25, 0.3) is 22.1 Å². The minimum Gasteiger partial charge on any atom is -0.464 e. The maximum absolute atomic E-state index is 13.2. The Labute approximate surface area is 187 Å². The Hall–Kier alpha value is -3.86. The van der Waals surface area contributed by atoms with Gasteiger partial charge in [-0.2, -0.15) is 0 Å². The largest absolute Gasteiger partial charge is 0.464 e. The average Bonchev–Trinajstić information content (AvgIpc) is 3.31. The molecule has 0 bridgehead atoms. The molecule has 32 heavy (non-hydrogen) atoms. The molecule has 3 aromatic carbocycles. The molecule has 0 aliphatic heterocycles. The number of fused-ring (bicyclic) bond motifs is 1. The van der Waals surface area contributed by atoms with Gasteiger partial charge in [-0.25, -0.2) is 0 Å². The van der Waals surface area contributed by atoms with Crippen molar-refractivity contribution in [3.8, 4) is 11.1 Å². The maximum atomic E-state index is 13.2. The lowest BCUT2D eigenvalue weighted by atomic mass is 9.98. The van der Waals surface area contributed by atoms with E-state index >= 15 is 0 Å². The fourth-order valence-corrected chi connectivity index (χ4v) is 3.74. The van der Waals surface area contributed by atoms with Gasteiger partial charge < -0.3 is 15.1 Å². The number of nitrogens with one attached hydrogen (secondary N) is 2. The molecule has 4 aromatic rings. The maximum Gasteiger partial charge on any atom is 0.252 e. The van der Waals surface area contributed by atoms with Gasteiger partial charge in [-0.15, -0.1) is 0 Å². The highest BCUT2D eigenvalue weighted by molar-refractivity contribution is 6.06. The van der Waals surface area contributed by atoms with E-state index in [1.165, 1.54) is 0 Å². The summed E-state index contributed by atoms with van der Waals surface area (Å²) in [6, 6.07) is 24.4. The molecule has 2 N–H and O–H groups in total. The Kier molecular flexibility index (Phi) is 6.36. The quantitative estimate of drug-likeness (QED) is 0.422. The Morgan fingerprint density at radius 2 is 1.53 bits per heavy atom. The molecule has 0 aliphatic carbocycles. The Morgan fingerprint density at radius 3 is 2.31 bits per heavy atom. The third kappa shape index (κ3) is 4.57. The van der Waals surface area contributed by atoms with Crippen LogP contribution in [0.3, 0.4) is 0 Å². The van der Waals surface area contributed by atoms with Gasteiger partial charge in [0.05, 0.1) is 11.8 Å². The molecule has 0 saturated heterocycles. The highest BCUT2D eigenvalue weighted by Gasteiger charge is 2.21. The number of furan rings is 1. The molecule has 5 nitrogen and oxygen atoms in total. The minimum atomic E-state index is -0.223. The van der Waals surface area contributed by atoms with Crippen molar-refractivity contribution in [3.05, 3.63) is 96.3 Å². The van der Waals surface area contributed by atoms with E-state index in [2.05, 4.69) is 10.6 Å². The van der Waals surface area contributed by atoms with Gasteiger partial charge in [0.15, 0.2) is 0 Å². The number of benzene rings is 3. The molecule has 0 radical (unpaired) electrons. The first-order chi connectivity index (χ1) is 15.5. The molecule has 2 amide bonds. The second kappa shape index (κ2) is 9.52. The molecular formula is C27H26N2O3. The predicted octanol–water partition coefficient (Wildman–Crippen LogP) is 5.28. The van der Waals surface area contributed by atoms with Crippen molar-refractivity contribution in [1.29, 1.82) is 0 Å². The molecule has 0 saturated carbocycles. The zero-order valence-corrected chi connectivity index (χ0v) is 18.2. The van der Waals surface area contributed by atoms with Crippen LogP contribution in [-0.2, 0) is 0 Å². The second-order valence-electron chi connectivity index (χ2n) is 8.08. The van der Waals surface area contributed by atoms with Crippen LogP contribution in [0, 0.1) is 5.92 Å². The van der Waals surface area contributed by atoms with E-state index in [1.807, 2.05) is 74.5 Å². The average molecular weight is 427 g/mol. The number of amides is 2. The minimum absolute atomic E-state index is 0.132. The summed E-state index contributed by atoms with van der Waals surface area (Å²) < 4.78 is 5.38. The molecule has 5 heteroatoms. The molecule has 162 valence electrons. The van der Waals surface area contributed by atoms with Gasteiger partial charge in [0.25, 0.3) is 11.8 Å². The topological polar surface area (TPSA) is 71.3 Å². The number of hydrogen-bond donors (Lipinski definition) is 2. The van der Waals surface area contributed by atoms with E-state index in [4.69, 9.17) is 4.42 Å². The van der Waals surface area contributed by atoms with Crippen molar-refractivity contribution < 1.29 is 14.0 Å². The predicted molar refractivity (Wildman–Crippen MR) is 127 cm³/mol. The van der Waals surface area contributed by atoms with E-state index in [1.54, 1.807) is 24.5 Å². The van der Waals surface area contributed by atoms with Crippen molar-refractivity contribution in [3.63, 3.8) is 0 Å². The number of carbonyl (C=O) groups excluding carboxylic acids is 2. The monoisotopic (exact) mass is 426 g/mol. The summed E-state index contributed by atoms with van der Waals surface area (Å²) in [5, 5.41) is 6.85. The lowest BCUT2D eigenvalue weighted by Gasteiger charge is -2.23. The molecule has 1 atom stereocenters. The third-order valence-corrected chi connectivity index (χ3v) is 5.60. The van der Waals surface area contributed by atoms with Crippen molar-refractivity contribution >= 4 is 22.8 Å². The van der Waals surface area contributed by atoms with Crippen LogP contribution in [-0.4, -0.2) is 24.4 Å². The van der Waals surface area contributed by atoms with E-state index in [9.17, 15) is 9.59 Å². The summed E-state index contributed by atoms with van der Waals surface area (Å²) in [6.45, 7) is 4.37. The fraction of sp³-hybridized carbons (Fsp3) is 0.185. The zero-order chi connectivity index (χ0) is 22.5. The lowest BCUT2D eigenvalue weighted by Crippen LogP contribution is -2.46. The highest BCUT2D eigenvalue weighted by Crippen LogP contribution is 2.24. The summed E-state index contributed by atoms with van der Waals surface area (Å²) in [5.41, 5.74) is 3.70. The van der Waals surface area contributed by atoms with Crippen LogP contribution in [0.1, 0.15) is 34.6 Å². The molecule has 1 heterocycles. The summed E-state index contributed by atoms with van der Waals surface area (Å²) in [6.07, 6.45) is 1.57.